The summed E-state index contributed by atoms with van der Waals surface area (Å²) < 4.78 is 0. The highest BCUT2D eigenvalue weighted by atomic mass is 15.1. The van der Waals surface area contributed by atoms with Gasteiger partial charge in [-0.3, -0.25) is 4.90 Å². The molecule has 1 aromatic carbocycles. The third-order valence-electron chi connectivity index (χ3n) is 2.60. The Morgan fingerprint density at radius 1 is 1.18 bits per heavy atom. The van der Waals surface area contributed by atoms with Gasteiger partial charge in [-0.2, -0.15) is 0 Å². The minimum Gasteiger partial charge on any atom is -0.328 e. The van der Waals surface area contributed by atoms with Crippen LogP contribution >= 0.6 is 0 Å². The summed E-state index contributed by atoms with van der Waals surface area (Å²) in [6, 6.07) is 10.9. The summed E-state index contributed by atoms with van der Waals surface area (Å²) in [6.45, 7) is 11.5. The molecule has 0 aliphatic rings. The van der Waals surface area contributed by atoms with Crippen molar-refractivity contribution in [3.05, 3.63) is 35.9 Å². The van der Waals surface area contributed by atoms with Gasteiger partial charge >= 0.3 is 0 Å². The molecule has 0 fully saturated rings. The fraction of sp³-hybridized carbons (Fsp3) is 0.600. The number of hydrogen-bond donors (Lipinski definition) is 1. The van der Waals surface area contributed by atoms with Gasteiger partial charge in [0.2, 0.25) is 0 Å². The summed E-state index contributed by atoms with van der Waals surface area (Å²) in [5.41, 5.74) is 7.14. The fourth-order valence-electron chi connectivity index (χ4n) is 1.58. The maximum atomic E-state index is 5.76. The van der Waals surface area contributed by atoms with E-state index in [2.05, 4.69) is 49.1 Å². The first-order chi connectivity index (χ1) is 8.22. The number of nitrogens with zero attached hydrogens (tertiary/aromatic N) is 1. The van der Waals surface area contributed by atoms with Crippen LogP contribution in [0.1, 0.15) is 39.7 Å². The molecule has 0 heterocycles. The van der Waals surface area contributed by atoms with Gasteiger partial charge in [-0.05, 0) is 32.0 Å². The van der Waals surface area contributed by atoms with E-state index < -0.39 is 0 Å². The lowest BCUT2D eigenvalue weighted by Gasteiger charge is -2.21. The molecule has 0 spiro atoms. The standard InChI is InChI=1S/C13H22N2.C2H6/c1-3-15(10-9-12(2)14)11-13-7-5-4-6-8-13;1-2/h4-8,12H,3,9-11,14H2,1-2H3;1-2H3. The molecular formula is C15H28N2. The lowest BCUT2D eigenvalue weighted by molar-refractivity contribution is 0.270. The molecule has 0 saturated carbocycles. The summed E-state index contributed by atoms with van der Waals surface area (Å²) in [5.74, 6) is 0. The average Bonchev–Trinajstić information content (AvgIpc) is 2.38. The van der Waals surface area contributed by atoms with Crippen molar-refractivity contribution >= 4 is 0 Å². The molecule has 17 heavy (non-hydrogen) atoms. The summed E-state index contributed by atoms with van der Waals surface area (Å²) in [6.07, 6.45) is 1.07. The molecule has 2 heteroatoms. The molecule has 0 aromatic heterocycles. The Morgan fingerprint density at radius 3 is 2.24 bits per heavy atom. The first-order valence-corrected chi connectivity index (χ1v) is 6.74. The van der Waals surface area contributed by atoms with Crippen molar-refractivity contribution in [2.75, 3.05) is 13.1 Å². The molecule has 1 atom stereocenters. The Hall–Kier alpha value is -0.860. The van der Waals surface area contributed by atoms with E-state index in [0.29, 0.717) is 6.04 Å². The van der Waals surface area contributed by atoms with E-state index in [9.17, 15) is 0 Å². The van der Waals surface area contributed by atoms with Crippen LogP contribution in [0.25, 0.3) is 0 Å². The van der Waals surface area contributed by atoms with E-state index in [1.807, 2.05) is 13.8 Å². The molecule has 0 aliphatic carbocycles. The highest BCUT2D eigenvalue weighted by molar-refractivity contribution is 5.14. The molecule has 1 rings (SSSR count). The van der Waals surface area contributed by atoms with Gasteiger partial charge in [0, 0.05) is 12.6 Å². The third kappa shape index (κ3) is 7.94. The van der Waals surface area contributed by atoms with E-state index in [0.717, 1.165) is 26.1 Å². The summed E-state index contributed by atoms with van der Waals surface area (Å²) in [7, 11) is 0. The van der Waals surface area contributed by atoms with Crippen LogP contribution in [0.15, 0.2) is 30.3 Å². The van der Waals surface area contributed by atoms with Crippen molar-refractivity contribution in [3.63, 3.8) is 0 Å². The number of rotatable bonds is 6. The van der Waals surface area contributed by atoms with E-state index >= 15 is 0 Å². The van der Waals surface area contributed by atoms with Gasteiger partial charge in [0.05, 0.1) is 0 Å². The topological polar surface area (TPSA) is 29.3 Å². The second-order valence-electron chi connectivity index (χ2n) is 4.12. The number of nitrogens with two attached hydrogens (primary N) is 1. The van der Waals surface area contributed by atoms with E-state index in [1.165, 1.54) is 5.56 Å². The van der Waals surface area contributed by atoms with Crippen molar-refractivity contribution in [2.24, 2.45) is 5.73 Å². The fourth-order valence-corrected chi connectivity index (χ4v) is 1.58. The summed E-state index contributed by atoms with van der Waals surface area (Å²) in [5, 5.41) is 0. The van der Waals surface area contributed by atoms with Gasteiger partial charge in [0.25, 0.3) is 0 Å². The highest BCUT2D eigenvalue weighted by Gasteiger charge is 2.04. The molecule has 0 aliphatic heterocycles. The molecular weight excluding hydrogens is 208 g/mol. The summed E-state index contributed by atoms with van der Waals surface area (Å²) >= 11 is 0. The van der Waals surface area contributed by atoms with E-state index in [1.54, 1.807) is 0 Å². The zero-order valence-corrected chi connectivity index (χ0v) is 11.8. The van der Waals surface area contributed by atoms with Crippen LogP contribution in [0.4, 0.5) is 0 Å². The van der Waals surface area contributed by atoms with Gasteiger partial charge in [-0.25, -0.2) is 0 Å². The average molecular weight is 236 g/mol. The molecule has 98 valence electrons. The Morgan fingerprint density at radius 2 is 1.76 bits per heavy atom. The predicted molar refractivity (Wildman–Crippen MR) is 77.0 cm³/mol. The zero-order valence-electron chi connectivity index (χ0n) is 11.8. The quantitative estimate of drug-likeness (QED) is 0.821. The van der Waals surface area contributed by atoms with Crippen molar-refractivity contribution in [1.29, 1.82) is 0 Å². The normalized spacial score (nSPS) is 11.9. The molecule has 0 amide bonds. The van der Waals surface area contributed by atoms with Gasteiger partial charge in [-0.15, -0.1) is 0 Å². The van der Waals surface area contributed by atoms with Gasteiger partial charge < -0.3 is 5.73 Å². The van der Waals surface area contributed by atoms with Gasteiger partial charge in [-0.1, -0.05) is 51.1 Å². The van der Waals surface area contributed by atoms with Crippen LogP contribution in [0.2, 0.25) is 0 Å². The second-order valence-corrected chi connectivity index (χ2v) is 4.12. The Kier molecular flexibility index (Phi) is 9.78. The van der Waals surface area contributed by atoms with Crippen LogP contribution in [0.5, 0.6) is 0 Å². The molecule has 2 nitrogen and oxygen atoms in total. The SMILES string of the molecule is CC.CCN(CCC(C)N)Cc1ccccc1. The van der Waals surface area contributed by atoms with Crippen LogP contribution < -0.4 is 5.73 Å². The predicted octanol–water partition coefficient (Wildman–Crippen LogP) is 3.27. The largest absolute Gasteiger partial charge is 0.328 e. The number of benzene rings is 1. The van der Waals surface area contributed by atoms with Crippen molar-refractivity contribution in [3.8, 4) is 0 Å². The van der Waals surface area contributed by atoms with Crippen LogP contribution in [0.3, 0.4) is 0 Å². The lowest BCUT2D eigenvalue weighted by Crippen LogP contribution is -2.28. The molecule has 2 N–H and O–H groups in total. The molecule has 0 saturated heterocycles. The van der Waals surface area contributed by atoms with Gasteiger partial charge in [0.1, 0.15) is 0 Å². The monoisotopic (exact) mass is 236 g/mol. The molecule has 1 unspecified atom stereocenters. The summed E-state index contributed by atoms with van der Waals surface area (Å²) in [4.78, 5) is 2.43. The maximum Gasteiger partial charge on any atom is 0.0233 e. The molecule has 1 aromatic rings. The first kappa shape index (κ1) is 16.1. The van der Waals surface area contributed by atoms with E-state index in [-0.39, 0.29) is 0 Å². The molecule has 0 radical (unpaired) electrons. The van der Waals surface area contributed by atoms with Crippen LogP contribution in [0, 0.1) is 0 Å². The van der Waals surface area contributed by atoms with Crippen LogP contribution in [-0.2, 0) is 6.54 Å². The lowest BCUT2D eigenvalue weighted by atomic mass is 10.2. The minimum absolute atomic E-state index is 0.301. The number of hydrogen-bond acceptors (Lipinski definition) is 2. The smallest absolute Gasteiger partial charge is 0.0233 e. The molecule has 0 bridgehead atoms. The van der Waals surface area contributed by atoms with Crippen molar-refractivity contribution < 1.29 is 0 Å². The Bertz CT molecular complexity index is 257. The highest BCUT2D eigenvalue weighted by Crippen LogP contribution is 2.05. The maximum absolute atomic E-state index is 5.76. The van der Waals surface area contributed by atoms with E-state index in [4.69, 9.17) is 5.73 Å². The Labute approximate surface area is 107 Å². The van der Waals surface area contributed by atoms with Crippen molar-refractivity contribution in [1.82, 2.24) is 4.90 Å². The zero-order chi connectivity index (χ0) is 13.1. The van der Waals surface area contributed by atoms with Crippen molar-refractivity contribution in [2.45, 2.75) is 46.7 Å². The third-order valence-corrected chi connectivity index (χ3v) is 2.60. The second kappa shape index (κ2) is 10.3. The van der Waals surface area contributed by atoms with Crippen LogP contribution in [-0.4, -0.2) is 24.0 Å². The first-order valence-electron chi connectivity index (χ1n) is 6.74. The Balaban J connectivity index is 0.00000121. The minimum atomic E-state index is 0.301. The van der Waals surface area contributed by atoms with Gasteiger partial charge in [0.15, 0.2) is 0 Å².